The van der Waals surface area contributed by atoms with Crippen molar-refractivity contribution in [3.8, 4) is 0 Å². The molecular formula is C18H34N2O. The van der Waals surface area contributed by atoms with Crippen LogP contribution in [-0.2, 0) is 0 Å². The summed E-state index contributed by atoms with van der Waals surface area (Å²) >= 11 is 0. The first-order valence-electron chi connectivity index (χ1n) is 9.38. The SMILES string of the molecule is CCC(C1CC1)N1CC(CCO)CC(NCC2CCC2)C1. The second-order valence-corrected chi connectivity index (χ2v) is 7.78. The zero-order valence-corrected chi connectivity index (χ0v) is 13.8. The van der Waals surface area contributed by atoms with Gasteiger partial charge in [-0.05, 0) is 69.2 Å². The summed E-state index contributed by atoms with van der Waals surface area (Å²) < 4.78 is 0. The highest BCUT2D eigenvalue weighted by atomic mass is 16.3. The van der Waals surface area contributed by atoms with Crippen molar-refractivity contribution in [1.82, 2.24) is 10.2 Å². The molecule has 3 unspecified atom stereocenters. The van der Waals surface area contributed by atoms with Crippen LogP contribution in [0.1, 0.15) is 58.3 Å². The number of hydrogen-bond donors (Lipinski definition) is 2. The molecule has 3 fully saturated rings. The highest BCUT2D eigenvalue weighted by Crippen LogP contribution is 2.38. The van der Waals surface area contributed by atoms with Crippen LogP contribution in [0.15, 0.2) is 0 Å². The number of hydrogen-bond acceptors (Lipinski definition) is 3. The van der Waals surface area contributed by atoms with Crippen molar-refractivity contribution in [1.29, 1.82) is 0 Å². The number of nitrogens with zero attached hydrogens (tertiary/aromatic N) is 1. The largest absolute Gasteiger partial charge is 0.396 e. The topological polar surface area (TPSA) is 35.5 Å². The lowest BCUT2D eigenvalue weighted by Gasteiger charge is -2.43. The maximum absolute atomic E-state index is 9.33. The van der Waals surface area contributed by atoms with E-state index < -0.39 is 0 Å². The average molecular weight is 294 g/mol. The average Bonchev–Trinajstić information content (AvgIpc) is 3.23. The van der Waals surface area contributed by atoms with Crippen LogP contribution < -0.4 is 5.32 Å². The van der Waals surface area contributed by atoms with Gasteiger partial charge in [-0.3, -0.25) is 4.90 Å². The van der Waals surface area contributed by atoms with Crippen LogP contribution in [0, 0.1) is 17.8 Å². The van der Waals surface area contributed by atoms with Crippen molar-refractivity contribution in [2.45, 2.75) is 70.4 Å². The Hall–Kier alpha value is -0.120. The highest BCUT2D eigenvalue weighted by molar-refractivity contribution is 4.93. The minimum absolute atomic E-state index is 0.355. The molecule has 0 spiro atoms. The summed E-state index contributed by atoms with van der Waals surface area (Å²) in [4.78, 5) is 2.76. The highest BCUT2D eigenvalue weighted by Gasteiger charge is 2.38. The van der Waals surface area contributed by atoms with Gasteiger partial charge < -0.3 is 10.4 Å². The molecule has 0 aromatic rings. The Balaban J connectivity index is 1.54. The third-order valence-corrected chi connectivity index (χ3v) is 6.08. The monoisotopic (exact) mass is 294 g/mol. The molecule has 3 heteroatoms. The van der Waals surface area contributed by atoms with Crippen molar-refractivity contribution in [3.63, 3.8) is 0 Å². The zero-order valence-electron chi connectivity index (χ0n) is 13.8. The molecule has 3 atom stereocenters. The predicted molar refractivity (Wildman–Crippen MR) is 87.3 cm³/mol. The molecule has 2 aliphatic carbocycles. The minimum atomic E-state index is 0.355. The van der Waals surface area contributed by atoms with Crippen molar-refractivity contribution in [2.24, 2.45) is 17.8 Å². The van der Waals surface area contributed by atoms with Gasteiger partial charge in [0, 0.05) is 31.8 Å². The smallest absolute Gasteiger partial charge is 0.0434 e. The fourth-order valence-corrected chi connectivity index (χ4v) is 4.45. The van der Waals surface area contributed by atoms with E-state index in [1.54, 1.807) is 0 Å². The first kappa shape index (κ1) is 15.8. The number of aliphatic hydroxyl groups is 1. The predicted octanol–water partition coefficient (Wildman–Crippen LogP) is 2.64. The maximum atomic E-state index is 9.33. The van der Waals surface area contributed by atoms with Gasteiger partial charge in [-0.15, -0.1) is 0 Å². The van der Waals surface area contributed by atoms with E-state index in [9.17, 15) is 5.11 Å². The summed E-state index contributed by atoms with van der Waals surface area (Å²) in [6.45, 7) is 6.40. The Morgan fingerprint density at radius 1 is 1.14 bits per heavy atom. The summed E-state index contributed by atoms with van der Waals surface area (Å²) in [5.41, 5.74) is 0. The van der Waals surface area contributed by atoms with Gasteiger partial charge in [0.15, 0.2) is 0 Å². The van der Waals surface area contributed by atoms with Crippen molar-refractivity contribution >= 4 is 0 Å². The lowest BCUT2D eigenvalue weighted by Crippen LogP contribution is -2.54. The molecule has 3 nitrogen and oxygen atoms in total. The molecule has 3 rings (SSSR count). The summed E-state index contributed by atoms with van der Waals surface area (Å²) in [6, 6.07) is 1.46. The minimum Gasteiger partial charge on any atom is -0.396 e. The van der Waals surface area contributed by atoms with E-state index >= 15 is 0 Å². The van der Waals surface area contributed by atoms with Crippen molar-refractivity contribution in [2.75, 3.05) is 26.2 Å². The van der Waals surface area contributed by atoms with Crippen LogP contribution in [0.5, 0.6) is 0 Å². The summed E-state index contributed by atoms with van der Waals surface area (Å²) in [6.07, 6.45) is 10.7. The summed E-state index contributed by atoms with van der Waals surface area (Å²) in [7, 11) is 0. The number of aliphatic hydroxyl groups excluding tert-OH is 1. The Labute approximate surface area is 130 Å². The number of rotatable bonds is 8. The van der Waals surface area contributed by atoms with Gasteiger partial charge in [0.05, 0.1) is 0 Å². The van der Waals surface area contributed by atoms with Gasteiger partial charge in [-0.25, -0.2) is 0 Å². The summed E-state index contributed by atoms with van der Waals surface area (Å²) in [5.74, 6) is 2.60. The zero-order chi connectivity index (χ0) is 14.7. The van der Waals surface area contributed by atoms with E-state index in [1.807, 2.05) is 0 Å². The molecule has 0 aromatic heterocycles. The van der Waals surface area contributed by atoms with E-state index in [0.29, 0.717) is 18.6 Å². The van der Waals surface area contributed by atoms with E-state index in [1.165, 1.54) is 64.6 Å². The van der Waals surface area contributed by atoms with E-state index in [-0.39, 0.29) is 0 Å². The molecule has 21 heavy (non-hydrogen) atoms. The van der Waals surface area contributed by atoms with E-state index in [0.717, 1.165) is 24.3 Å². The Morgan fingerprint density at radius 2 is 1.95 bits per heavy atom. The fourth-order valence-electron chi connectivity index (χ4n) is 4.45. The lowest BCUT2D eigenvalue weighted by atomic mass is 9.84. The standard InChI is InChI=1S/C18H34N2O/c1-2-18(16-6-7-16)20-12-15(8-9-21)10-17(13-20)19-11-14-4-3-5-14/h14-19,21H,2-13H2,1H3. The molecule has 3 aliphatic rings. The van der Waals surface area contributed by atoms with Gasteiger partial charge >= 0.3 is 0 Å². The van der Waals surface area contributed by atoms with Gasteiger partial charge in [0.25, 0.3) is 0 Å². The molecule has 0 bridgehead atoms. The van der Waals surface area contributed by atoms with Gasteiger partial charge in [0.1, 0.15) is 0 Å². The Morgan fingerprint density at radius 3 is 2.52 bits per heavy atom. The van der Waals surface area contributed by atoms with Gasteiger partial charge in [-0.2, -0.15) is 0 Å². The lowest BCUT2D eigenvalue weighted by molar-refractivity contribution is 0.0706. The van der Waals surface area contributed by atoms with Gasteiger partial charge in [-0.1, -0.05) is 13.3 Å². The molecule has 0 radical (unpaired) electrons. The molecule has 0 aromatic carbocycles. The van der Waals surface area contributed by atoms with E-state index in [2.05, 4.69) is 17.1 Å². The third-order valence-electron chi connectivity index (χ3n) is 6.08. The fraction of sp³-hybridized carbons (Fsp3) is 1.00. The Kier molecular flexibility index (Phi) is 5.58. The van der Waals surface area contributed by atoms with Crippen LogP contribution in [0.25, 0.3) is 0 Å². The Bertz CT molecular complexity index is 314. The van der Waals surface area contributed by atoms with Gasteiger partial charge in [0.2, 0.25) is 0 Å². The number of nitrogens with one attached hydrogen (secondary N) is 1. The second kappa shape index (κ2) is 7.43. The van der Waals surface area contributed by atoms with Crippen LogP contribution in [-0.4, -0.2) is 48.3 Å². The van der Waals surface area contributed by atoms with Crippen molar-refractivity contribution < 1.29 is 5.11 Å². The van der Waals surface area contributed by atoms with Crippen LogP contribution in [0.2, 0.25) is 0 Å². The second-order valence-electron chi connectivity index (χ2n) is 7.78. The molecule has 1 saturated heterocycles. The summed E-state index contributed by atoms with van der Waals surface area (Å²) in [5, 5.41) is 13.2. The number of piperidine rings is 1. The molecule has 2 saturated carbocycles. The van der Waals surface area contributed by atoms with E-state index in [4.69, 9.17) is 0 Å². The quantitative estimate of drug-likeness (QED) is 0.722. The molecule has 1 aliphatic heterocycles. The first-order chi connectivity index (χ1) is 10.3. The molecular weight excluding hydrogens is 260 g/mol. The molecule has 1 heterocycles. The van der Waals surface area contributed by atoms with Crippen LogP contribution in [0.3, 0.4) is 0 Å². The van der Waals surface area contributed by atoms with Crippen LogP contribution >= 0.6 is 0 Å². The normalized spacial score (nSPS) is 32.9. The first-order valence-corrected chi connectivity index (χ1v) is 9.38. The number of likely N-dealkylation sites (tertiary alicyclic amines) is 1. The molecule has 0 amide bonds. The molecule has 122 valence electrons. The maximum Gasteiger partial charge on any atom is 0.0434 e. The molecule has 2 N–H and O–H groups in total. The van der Waals surface area contributed by atoms with Crippen LogP contribution in [0.4, 0.5) is 0 Å². The third kappa shape index (κ3) is 4.20. The van der Waals surface area contributed by atoms with Crippen molar-refractivity contribution in [3.05, 3.63) is 0 Å².